The number of hydrogen-bond acceptors (Lipinski definition) is 6. The predicted octanol–water partition coefficient (Wildman–Crippen LogP) is 2.92. The normalized spacial score (nSPS) is 11.0. The molecule has 0 aliphatic rings. The standard InChI is InChI=1S/C25H30N4O4S/c1-5-28(15-22(30)26-17(2)3)23(31)16-34-25-27-21-9-7-6-8-20(21)24(32)29(25)14-18-10-12-19(33-4)13-11-18/h6-13,17H,5,14-16H2,1-4H3,(H,26,30). The van der Waals surface area contributed by atoms with Crippen molar-refractivity contribution >= 4 is 34.5 Å². The Balaban J connectivity index is 1.85. The number of amides is 2. The largest absolute Gasteiger partial charge is 0.497 e. The smallest absolute Gasteiger partial charge is 0.262 e. The summed E-state index contributed by atoms with van der Waals surface area (Å²) in [6.45, 7) is 6.30. The Morgan fingerprint density at radius 3 is 2.50 bits per heavy atom. The molecule has 180 valence electrons. The third-order valence-corrected chi connectivity index (χ3v) is 6.13. The van der Waals surface area contributed by atoms with Crippen molar-refractivity contribution in [1.82, 2.24) is 19.8 Å². The van der Waals surface area contributed by atoms with Gasteiger partial charge in [0.15, 0.2) is 5.16 Å². The lowest BCUT2D eigenvalue weighted by Crippen LogP contribution is -2.43. The van der Waals surface area contributed by atoms with Gasteiger partial charge in [-0.15, -0.1) is 0 Å². The number of benzene rings is 2. The maximum absolute atomic E-state index is 13.3. The summed E-state index contributed by atoms with van der Waals surface area (Å²) in [6, 6.07) is 14.6. The summed E-state index contributed by atoms with van der Waals surface area (Å²) in [5, 5.41) is 3.78. The van der Waals surface area contributed by atoms with Gasteiger partial charge in [-0.05, 0) is 50.6 Å². The lowest BCUT2D eigenvalue weighted by molar-refractivity contribution is -0.134. The fraction of sp³-hybridized carbons (Fsp3) is 0.360. The van der Waals surface area contributed by atoms with Gasteiger partial charge in [0, 0.05) is 12.6 Å². The van der Waals surface area contributed by atoms with Gasteiger partial charge < -0.3 is 15.0 Å². The van der Waals surface area contributed by atoms with Gasteiger partial charge in [0.05, 0.1) is 36.9 Å². The van der Waals surface area contributed by atoms with Crippen LogP contribution >= 0.6 is 11.8 Å². The summed E-state index contributed by atoms with van der Waals surface area (Å²) in [5.74, 6) is 0.408. The predicted molar refractivity (Wildman–Crippen MR) is 134 cm³/mol. The first-order chi connectivity index (χ1) is 16.3. The van der Waals surface area contributed by atoms with E-state index in [1.54, 1.807) is 29.9 Å². The first-order valence-corrected chi connectivity index (χ1v) is 12.1. The molecule has 0 saturated carbocycles. The zero-order chi connectivity index (χ0) is 24.7. The first-order valence-electron chi connectivity index (χ1n) is 11.1. The van der Waals surface area contributed by atoms with Crippen molar-refractivity contribution in [3.8, 4) is 5.75 Å². The molecule has 2 amide bonds. The second-order valence-corrected chi connectivity index (χ2v) is 9.01. The number of thioether (sulfide) groups is 1. The molecule has 0 fully saturated rings. The molecule has 1 N–H and O–H groups in total. The molecule has 0 atom stereocenters. The van der Waals surface area contributed by atoms with Gasteiger partial charge in [-0.2, -0.15) is 0 Å². The molecular formula is C25H30N4O4S. The summed E-state index contributed by atoms with van der Waals surface area (Å²) >= 11 is 1.20. The van der Waals surface area contributed by atoms with Crippen LogP contribution in [-0.2, 0) is 16.1 Å². The van der Waals surface area contributed by atoms with Crippen LogP contribution in [0.25, 0.3) is 10.9 Å². The molecule has 0 aliphatic heterocycles. The molecular weight excluding hydrogens is 452 g/mol. The SMILES string of the molecule is CCN(CC(=O)NC(C)C)C(=O)CSc1nc2ccccc2c(=O)n1Cc1ccc(OC)cc1. The average Bonchev–Trinajstić information content (AvgIpc) is 2.83. The van der Waals surface area contributed by atoms with Gasteiger partial charge in [0.2, 0.25) is 11.8 Å². The topological polar surface area (TPSA) is 93.5 Å². The van der Waals surface area contributed by atoms with Crippen molar-refractivity contribution in [3.63, 3.8) is 0 Å². The van der Waals surface area contributed by atoms with E-state index in [9.17, 15) is 14.4 Å². The number of para-hydroxylation sites is 1. The van der Waals surface area contributed by atoms with Gasteiger partial charge >= 0.3 is 0 Å². The maximum Gasteiger partial charge on any atom is 0.262 e. The van der Waals surface area contributed by atoms with Crippen LogP contribution in [-0.4, -0.2) is 58.3 Å². The molecule has 3 aromatic rings. The van der Waals surface area contributed by atoms with E-state index in [-0.39, 0.29) is 35.7 Å². The Hall–Kier alpha value is -3.33. The molecule has 1 aromatic heterocycles. The molecule has 0 radical (unpaired) electrons. The van der Waals surface area contributed by atoms with Gasteiger partial charge in [0.1, 0.15) is 5.75 Å². The average molecular weight is 483 g/mol. The highest BCUT2D eigenvalue weighted by Gasteiger charge is 2.19. The highest BCUT2D eigenvalue weighted by Crippen LogP contribution is 2.20. The van der Waals surface area contributed by atoms with Crippen LogP contribution in [0.5, 0.6) is 5.75 Å². The number of rotatable bonds is 10. The number of ether oxygens (including phenoxy) is 1. The van der Waals surface area contributed by atoms with E-state index in [2.05, 4.69) is 10.3 Å². The third-order valence-electron chi connectivity index (χ3n) is 5.17. The Labute approximate surface area is 203 Å². The van der Waals surface area contributed by atoms with Crippen molar-refractivity contribution in [3.05, 3.63) is 64.4 Å². The minimum Gasteiger partial charge on any atom is -0.497 e. The van der Waals surface area contributed by atoms with Gasteiger partial charge in [-0.1, -0.05) is 36.0 Å². The van der Waals surface area contributed by atoms with E-state index in [1.165, 1.54) is 16.7 Å². The van der Waals surface area contributed by atoms with Crippen molar-refractivity contribution in [2.75, 3.05) is 26.0 Å². The number of likely N-dealkylation sites (N-methyl/N-ethyl adjacent to an activating group) is 1. The minimum absolute atomic E-state index is 0.00211. The lowest BCUT2D eigenvalue weighted by Gasteiger charge is -2.21. The molecule has 0 bridgehead atoms. The first kappa shape index (κ1) is 25.3. The fourth-order valence-electron chi connectivity index (χ4n) is 3.45. The Morgan fingerprint density at radius 2 is 1.85 bits per heavy atom. The van der Waals surface area contributed by atoms with Crippen LogP contribution in [0.4, 0.5) is 0 Å². The van der Waals surface area contributed by atoms with Crippen LogP contribution in [0, 0.1) is 0 Å². The second-order valence-electron chi connectivity index (χ2n) is 8.07. The third kappa shape index (κ3) is 6.38. The molecule has 3 rings (SSSR count). The number of hydrogen-bond donors (Lipinski definition) is 1. The summed E-state index contributed by atoms with van der Waals surface area (Å²) in [4.78, 5) is 44.4. The molecule has 1 heterocycles. The summed E-state index contributed by atoms with van der Waals surface area (Å²) in [6.07, 6.45) is 0. The molecule has 0 saturated heterocycles. The van der Waals surface area contributed by atoms with E-state index in [4.69, 9.17) is 4.74 Å². The molecule has 0 spiro atoms. The van der Waals surface area contributed by atoms with E-state index in [0.29, 0.717) is 29.1 Å². The number of methoxy groups -OCH3 is 1. The van der Waals surface area contributed by atoms with E-state index in [1.807, 2.05) is 51.1 Å². The monoisotopic (exact) mass is 482 g/mol. The number of nitrogens with zero attached hydrogens (tertiary/aromatic N) is 3. The van der Waals surface area contributed by atoms with E-state index < -0.39 is 0 Å². The van der Waals surface area contributed by atoms with Crippen LogP contribution in [0.1, 0.15) is 26.3 Å². The molecule has 9 heteroatoms. The van der Waals surface area contributed by atoms with Gasteiger partial charge in [-0.3, -0.25) is 19.0 Å². The molecule has 0 aliphatic carbocycles. The van der Waals surface area contributed by atoms with Crippen molar-refractivity contribution < 1.29 is 14.3 Å². The van der Waals surface area contributed by atoms with Gasteiger partial charge in [-0.25, -0.2) is 4.98 Å². The Bertz CT molecular complexity index is 1210. The van der Waals surface area contributed by atoms with Gasteiger partial charge in [0.25, 0.3) is 5.56 Å². The highest BCUT2D eigenvalue weighted by atomic mass is 32.2. The summed E-state index contributed by atoms with van der Waals surface area (Å²) in [5.41, 5.74) is 1.32. The Morgan fingerprint density at radius 1 is 1.15 bits per heavy atom. The molecule has 8 nitrogen and oxygen atoms in total. The van der Waals surface area contributed by atoms with Crippen LogP contribution in [0.3, 0.4) is 0 Å². The molecule has 0 unspecified atom stereocenters. The van der Waals surface area contributed by atoms with Crippen molar-refractivity contribution in [2.45, 2.75) is 38.5 Å². The van der Waals surface area contributed by atoms with E-state index >= 15 is 0 Å². The zero-order valence-electron chi connectivity index (χ0n) is 19.9. The van der Waals surface area contributed by atoms with Crippen LogP contribution in [0.15, 0.2) is 58.5 Å². The number of fused-ring (bicyclic) bond motifs is 1. The number of carbonyl (C=O) groups is 2. The lowest BCUT2D eigenvalue weighted by atomic mass is 10.2. The molecule has 34 heavy (non-hydrogen) atoms. The summed E-state index contributed by atoms with van der Waals surface area (Å²) < 4.78 is 6.80. The number of carbonyl (C=O) groups excluding carboxylic acids is 2. The van der Waals surface area contributed by atoms with Crippen LogP contribution in [0.2, 0.25) is 0 Å². The Kier molecular flexibility index (Phi) is 8.70. The minimum atomic E-state index is -0.199. The zero-order valence-corrected chi connectivity index (χ0v) is 20.7. The van der Waals surface area contributed by atoms with E-state index in [0.717, 1.165) is 11.3 Å². The number of aromatic nitrogens is 2. The number of nitrogens with one attached hydrogen (secondary N) is 1. The maximum atomic E-state index is 13.3. The summed E-state index contributed by atoms with van der Waals surface area (Å²) in [7, 11) is 1.60. The fourth-order valence-corrected chi connectivity index (χ4v) is 4.35. The van der Waals surface area contributed by atoms with Crippen molar-refractivity contribution in [1.29, 1.82) is 0 Å². The highest BCUT2D eigenvalue weighted by molar-refractivity contribution is 7.99. The molecule has 2 aromatic carbocycles. The van der Waals surface area contributed by atoms with Crippen molar-refractivity contribution in [2.24, 2.45) is 0 Å². The van der Waals surface area contributed by atoms with Crippen LogP contribution < -0.4 is 15.6 Å². The second kappa shape index (κ2) is 11.7. The quantitative estimate of drug-likeness (QED) is 0.353.